The Hall–Kier alpha value is -0.450. The van der Waals surface area contributed by atoms with Crippen molar-refractivity contribution in [3.63, 3.8) is 0 Å². The number of hydrogen-bond donors (Lipinski definition) is 1. The van der Waals surface area contributed by atoms with Gasteiger partial charge >= 0.3 is 0 Å². The first-order valence-corrected chi connectivity index (χ1v) is 8.63. The highest BCUT2D eigenvalue weighted by Crippen LogP contribution is 2.38. The molecule has 1 aliphatic rings. The molecule has 0 radical (unpaired) electrons. The molecule has 0 bridgehead atoms. The lowest BCUT2D eigenvalue weighted by atomic mass is 9.83. The normalized spacial score (nSPS) is 19.1. The first kappa shape index (κ1) is 16.9. The van der Waals surface area contributed by atoms with Crippen molar-refractivity contribution in [3.8, 4) is 0 Å². The molecular formula is C17H26BrFN2. The van der Waals surface area contributed by atoms with E-state index in [0.717, 1.165) is 23.0 Å². The van der Waals surface area contributed by atoms with Crippen molar-refractivity contribution in [1.82, 2.24) is 10.2 Å². The Balaban J connectivity index is 2.26. The van der Waals surface area contributed by atoms with Crippen LogP contribution in [0.4, 0.5) is 4.39 Å². The summed E-state index contributed by atoms with van der Waals surface area (Å²) in [6, 6.07) is 5.69. The first-order valence-electron chi connectivity index (χ1n) is 7.84. The van der Waals surface area contributed by atoms with Crippen LogP contribution in [0.1, 0.15) is 38.2 Å². The number of benzene rings is 1. The molecule has 0 amide bonds. The molecule has 0 heterocycles. The van der Waals surface area contributed by atoms with Crippen molar-refractivity contribution in [2.45, 2.75) is 50.6 Å². The predicted octanol–water partition coefficient (Wildman–Crippen LogP) is 3.98. The maximum Gasteiger partial charge on any atom is 0.127 e. The quantitative estimate of drug-likeness (QED) is 0.828. The van der Waals surface area contributed by atoms with Crippen molar-refractivity contribution >= 4 is 15.9 Å². The topological polar surface area (TPSA) is 15.3 Å². The first-order chi connectivity index (χ1) is 9.99. The minimum atomic E-state index is -0.112. The number of nitrogens with zero attached hydrogens (tertiary/aromatic N) is 1. The zero-order valence-electron chi connectivity index (χ0n) is 13.3. The molecule has 1 N–H and O–H groups in total. The van der Waals surface area contributed by atoms with Crippen LogP contribution in [0.2, 0.25) is 0 Å². The standard InChI is InChI=1S/C17H26BrFN2/c1-4-20-16(17(21(2)3)9-5-6-10-17)11-13-7-8-14(18)12-15(13)19/h7-8,12,16,20H,4-6,9-11H2,1-3H3. The summed E-state index contributed by atoms with van der Waals surface area (Å²) in [7, 11) is 4.32. The van der Waals surface area contributed by atoms with Gasteiger partial charge in [0.25, 0.3) is 0 Å². The molecule has 1 unspecified atom stereocenters. The lowest BCUT2D eigenvalue weighted by Crippen LogP contribution is -2.58. The van der Waals surface area contributed by atoms with Gasteiger partial charge in [-0.05, 0) is 57.6 Å². The van der Waals surface area contributed by atoms with E-state index in [4.69, 9.17) is 0 Å². The molecule has 0 aliphatic heterocycles. The van der Waals surface area contributed by atoms with E-state index in [9.17, 15) is 4.39 Å². The van der Waals surface area contributed by atoms with Gasteiger partial charge in [-0.25, -0.2) is 4.39 Å². The van der Waals surface area contributed by atoms with Gasteiger partial charge in [0.05, 0.1) is 0 Å². The van der Waals surface area contributed by atoms with Crippen LogP contribution in [-0.2, 0) is 6.42 Å². The minimum Gasteiger partial charge on any atom is -0.312 e. The SMILES string of the molecule is CCNC(Cc1ccc(Br)cc1F)C1(N(C)C)CCCC1. The van der Waals surface area contributed by atoms with Gasteiger partial charge in [0, 0.05) is 16.1 Å². The van der Waals surface area contributed by atoms with E-state index >= 15 is 0 Å². The Kier molecular flexibility index (Phi) is 5.81. The number of nitrogens with one attached hydrogen (secondary N) is 1. The largest absolute Gasteiger partial charge is 0.312 e. The van der Waals surface area contributed by atoms with Gasteiger partial charge in [-0.1, -0.05) is 41.8 Å². The fraction of sp³-hybridized carbons (Fsp3) is 0.647. The van der Waals surface area contributed by atoms with Crippen LogP contribution in [0, 0.1) is 5.82 Å². The van der Waals surface area contributed by atoms with Gasteiger partial charge < -0.3 is 10.2 Å². The molecule has 0 spiro atoms. The fourth-order valence-corrected chi connectivity index (χ4v) is 4.03. The molecular weight excluding hydrogens is 331 g/mol. The van der Waals surface area contributed by atoms with Crippen molar-refractivity contribution in [2.24, 2.45) is 0 Å². The second kappa shape index (κ2) is 7.21. The van der Waals surface area contributed by atoms with Crippen LogP contribution in [0.25, 0.3) is 0 Å². The zero-order chi connectivity index (χ0) is 15.5. The van der Waals surface area contributed by atoms with E-state index in [2.05, 4.69) is 47.2 Å². The second-order valence-electron chi connectivity index (χ2n) is 6.26. The zero-order valence-corrected chi connectivity index (χ0v) is 14.8. The van der Waals surface area contributed by atoms with E-state index in [-0.39, 0.29) is 17.4 Å². The van der Waals surface area contributed by atoms with Gasteiger partial charge in [0.15, 0.2) is 0 Å². The summed E-state index contributed by atoms with van der Waals surface area (Å²) in [4.78, 5) is 2.35. The molecule has 1 aliphatic carbocycles. The molecule has 2 rings (SSSR count). The van der Waals surface area contributed by atoms with E-state index in [0.29, 0.717) is 0 Å². The lowest BCUT2D eigenvalue weighted by Gasteiger charge is -2.44. The highest BCUT2D eigenvalue weighted by molar-refractivity contribution is 9.10. The Morgan fingerprint density at radius 3 is 2.52 bits per heavy atom. The number of likely N-dealkylation sites (N-methyl/N-ethyl adjacent to an activating group) is 2. The Bertz CT molecular complexity index is 470. The number of hydrogen-bond acceptors (Lipinski definition) is 2. The molecule has 4 heteroatoms. The lowest BCUT2D eigenvalue weighted by molar-refractivity contribution is 0.105. The number of rotatable bonds is 6. The Labute approximate surface area is 136 Å². The monoisotopic (exact) mass is 356 g/mol. The second-order valence-corrected chi connectivity index (χ2v) is 7.17. The van der Waals surface area contributed by atoms with Crippen LogP contribution in [0.3, 0.4) is 0 Å². The number of halogens is 2. The van der Waals surface area contributed by atoms with Crippen molar-refractivity contribution in [2.75, 3.05) is 20.6 Å². The van der Waals surface area contributed by atoms with Gasteiger partial charge in [-0.2, -0.15) is 0 Å². The van der Waals surface area contributed by atoms with Gasteiger partial charge in [0.2, 0.25) is 0 Å². The van der Waals surface area contributed by atoms with Crippen LogP contribution in [0.15, 0.2) is 22.7 Å². The molecule has 0 saturated heterocycles. The Morgan fingerprint density at radius 1 is 1.33 bits per heavy atom. The summed E-state index contributed by atoms with van der Waals surface area (Å²) >= 11 is 3.33. The minimum absolute atomic E-state index is 0.112. The van der Waals surface area contributed by atoms with E-state index in [1.807, 2.05) is 12.1 Å². The third kappa shape index (κ3) is 3.66. The van der Waals surface area contributed by atoms with Crippen molar-refractivity contribution in [1.29, 1.82) is 0 Å². The average molecular weight is 357 g/mol. The maximum absolute atomic E-state index is 14.2. The summed E-state index contributed by atoms with van der Waals surface area (Å²) in [5.41, 5.74) is 0.951. The maximum atomic E-state index is 14.2. The average Bonchev–Trinajstić information content (AvgIpc) is 2.91. The van der Waals surface area contributed by atoms with E-state index in [1.165, 1.54) is 25.7 Å². The van der Waals surface area contributed by atoms with Crippen LogP contribution >= 0.6 is 15.9 Å². The highest BCUT2D eigenvalue weighted by atomic mass is 79.9. The summed E-state index contributed by atoms with van der Waals surface area (Å²) < 4.78 is 15.0. The molecule has 2 nitrogen and oxygen atoms in total. The molecule has 1 aromatic carbocycles. The van der Waals surface area contributed by atoms with Crippen LogP contribution in [-0.4, -0.2) is 37.1 Å². The summed E-state index contributed by atoms with van der Waals surface area (Å²) in [5.74, 6) is -0.112. The molecule has 1 atom stereocenters. The van der Waals surface area contributed by atoms with Gasteiger partial charge in [-0.15, -0.1) is 0 Å². The fourth-order valence-electron chi connectivity index (χ4n) is 3.70. The molecule has 1 aromatic rings. The van der Waals surface area contributed by atoms with E-state index < -0.39 is 0 Å². The molecule has 1 fully saturated rings. The van der Waals surface area contributed by atoms with Crippen LogP contribution in [0.5, 0.6) is 0 Å². The summed E-state index contributed by atoms with van der Waals surface area (Å²) in [5, 5.41) is 3.62. The molecule has 1 saturated carbocycles. The van der Waals surface area contributed by atoms with Crippen molar-refractivity contribution in [3.05, 3.63) is 34.1 Å². The highest BCUT2D eigenvalue weighted by Gasteiger charge is 2.42. The van der Waals surface area contributed by atoms with Gasteiger partial charge in [-0.3, -0.25) is 0 Å². The summed E-state index contributed by atoms with van der Waals surface area (Å²) in [6.45, 7) is 3.04. The molecule has 0 aromatic heterocycles. The van der Waals surface area contributed by atoms with Crippen molar-refractivity contribution < 1.29 is 4.39 Å². The smallest absolute Gasteiger partial charge is 0.127 e. The summed E-state index contributed by atoms with van der Waals surface area (Å²) in [6.07, 6.45) is 5.66. The predicted molar refractivity (Wildman–Crippen MR) is 90.2 cm³/mol. The molecule has 21 heavy (non-hydrogen) atoms. The third-order valence-corrected chi connectivity index (χ3v) is 5.39. The van der Waals surface area contributed by atoms with Gasteiger partial charge in [0.1, 0.15) is 5.82 Å². The third-order valence-electron chi connectivity index (χ3n) is 4.90. The molecule has 118 valence electrons. The van der Waals surface area contributed by atoms with Crippen LogP contribution < -0.4 is 5.32 Å². The van der Waals surface area contributed by atoms with E-state index in [1.54, 1.807) is 6.07 Å². The Morgan fingerprint density at radius 2 is 2.00 bits per heavy atom.